The molecule has 106 valence electrons. The molecule has 0 saturated heterocycles. The largest absolute Gasteiger partial charge is 0.368 e. The third-order valence-electron chi connectivity index (χ3n) is 2.56. The molecule has 3 N–H and O–H groups in total. The lowest BCUT2D eigenvalue weighted by molar-refractivity contribution is -0.385. The fourth-order valence-electron chi connectivity index (χ4n) is 1.74. The van der Waals surface area contributed by atoms with Crippen molar-refractivity contribution in [1.29, 1.82) is 0 Å². The van der Waals surface area contributed by atoms with E-state index in [9.17, 15) is 10.1 Å². The SMILES string of the molecule is Cc1csc(CCNc2nc(N)nc(C)c2[N+](=O)[O-])n1. The van der Waals surface area contributed by atoms with Crippen molar-refractivity contribution in [2.45, 2.75) is 20.3 Å². The van der Waals surface area contributed by atoms with Gasteiger partial charge in [-0.25, -0.2) is 9.97 Å². The molecule has 0 aliphatic carbocycles. The fraction of sp³-hybridized carbons (Fsp3) is 0.364. The highest BCUT2D eigenvalue weighted by atomic mass is 32.1. The van der Waals surface area contributed by atoms with Gasteiger partial charge in [-0.3, -0.25) is 10.1 Å². The summed E-state index contributed by atoms with van der Waals surface area (Å²) in [6, 6.07) is 0. The van der Waals surface area contributed by atoms with Gasteiger partial charge in [0, 0.05) is 24.0 Å². The van der Waals surface area contributed by atoms with Gasteiger partial charge >= 0.3 is 5.69 Å². The molecular weight excluding hydrogens is 280 g/mol. The number of aryl methyl sites for hydroxylation is 2. The molecule has 0 spiro atoms. The average Bonchev–Trinajstić information content (AvgIpc) is 2.73. The average molecular weight is 294 g/mol. The molecule has 0 aliphatic rings. The van der Waals surface area contributed by atoms with Crippen molar-refractivity contribution in [1.82, 2.24) is 15.0 Å². The Hall–Kier alpha value is -2.29. The van der Waals surface area contributed by atoms with Crippen LogP contribution in [0.5, 0.6) is 0 Å². The molecule has 0 radical (unpaired) electrons. The highest BCUT2D eigenvalue weighted by molar-refractivity contribution is 7.09. The Morgan fingerprint density at radius 1 is 1.40 bits per heavy atom. The molecule has 9 heteroatoms. The van der Waals surface area contributed by atoms with E-state index in [0.29, 0.717) is 13.0 Å². The lowest BCUT2D eigenvalue weighted by Crippen LogP contribution is -2.12. The summed E-state index contributed by atoms with van der Waals surface area (Å²) in [6.45, 7) is 3.95. The van der Waals surface area contributed by atoms with Gasteiger partial charge in [-0.2, -0.15) is 4.98 Å². The molecular formula is C11H14N6O2S. The molecule has 0 atom stereocenters. The minimum Gasteiger partial charge on any atom is -0.368 e. The van der Waals surface area contributed by atoms with Crippen LogP contribution in [0.25, 0.3) is 0 Å². The lowest BCUT2D eigenvalue weighted by Gasteiger charge is -2.07. The second-order valence-corrected chi connectivity index (χ2v) is 5.12. The predicted molar refractivity (Wildman–Crippen MR) is 76.9 cm³/mol. The lowest BCUT2D eigenvalue weighted by atomic mass is 10.3. The van der Waals surface area contributed by atoms with Crippen molar-refractivity contribution in [3.8, 4) is 0 Å². The van der Waals surface area contributed by atoms with Crippen LogP contribution >= 0.6 is 11.3 Å². The van der Waals surface area contributed by atoms with E-state index in [4.69, 9.17) is 5.73 Å². The van der Waals surface area contributed by atoms with Crippen LogP contribution in [0, 0.1) is 24.0 Å². The van der Waals surface area contributed by atoms with E-state index in [1.165, 1.54) is 6.92 Å². The number of thiazole rings is 1. The second kappa shape index (κ2) is 5.78. The molecule has 0 bridgehead atoms. The van der Waals surface area contributed by atoms with E-state index in [1.807, 2.05) is 12.3 Å². The number of nitrogen functional groups attached to an aromatic ring is 1. The number of nitro groups is 1. The summed E-state index contributed by atoms with van der Waals surface area (Å²) in [6.07, 6.45) is 0.665. The number of nitrogens with two attached hydrogens (primary N) is 1. The summed E-state index contributed by atoms with van der Waals surface area (Å²) in [5, 5.41) is 16.9. The normalized spacial score (nSPS) is 10.5. The molecule has 8 nitrogen and oxygen atoms in total. The maximum absolute atomic E-state index is 11.0. The van der Waals surface area contributed by atoms with Crippen molar-refractivity contribution in [2.75, 3.05) is 17.6 Å². The fourth-order valence-corrected chi connectivity index (χ4v) is 2.51. The van der Waals surface area contributed by atoms with E-state index in [1.54, 1.807) is 11.3 Å². The van der Waals surface area contributed by atoms with E-state index >= 15 is 0 Å². The molecule has 20 heavy (non-hydrogen) atoms. The molecule has 0 unspecified atom stereocenters. The first-order valence-corrected chi connectivity index (χ1v) is 6.78. The van der Waals surface area contributed by atoms with Crippen molar-refractivity contribution in [2.24, 2.45) is 0 Å². The Kier molecular flexibility index (Phi) is 4.08. The van der Waals surface area contributed by atoms with Gasteiger partial charge < -0.3 is 11.1 Å². The number of rotatable bonds is 5. The van der Waals surface area contributed by atoms with Crippen molar-refractivity contribution in [3.63, 3.8) is 0 Å². The number of aromatic nitrogens is 3. The zero-order valence-corrected chi connectivity index (χ0v) is 11.9. The van der Waals surface area contributed by atoms with Crippen LogP contribution in [-0.4, -0.2) is 26.4 Å². The Bertz CT molecular complexity index is 642. The summed E-state index contributed by atoms with van der Waals surface area (Å²) in [5.41, 5.74) is 6.59. The zero-order chi connectivity index (χ0) is 14.7. The zero-order valence-electron chi connectivity index (χ0n) is 11.1. The van der Waals surface area contributed by atoms with Gasteiger partial charge in [0.05, 0.1) is 9.93 Å². The third kappa shape index (κ3) is 3.18. The van der Waals surface area contributed by atoms with Gasteiger partial charge in [0.25, 0.3) is 0 Å². The summed E-state index contributed by atoms with van der Waals surface area (Å²) in [4.78, 5) is 22.5. The summed E-state index contributed by atoms with van der Waals surface area (Å²) in [5.74, 6) is 0.161. The molecule has 0 aromatic carbocycles. The number of hydrogen-bond donors (Lipinski definition) is 2. The maximum Gasteiger partial charge on any atom is 0.332 e. The Balaban J connectivity index is 2.10. The topological polar surface area (TPSA) is 120 Å². The molecule has 2 aromatic rings. The van der Waals surface area contributed by atoms with Gasteiger partial charge in [0.1, 0.15) is 5.69 Å². The third-order valence-corrected chi connectivity index (χ3v) is 3.58. The number of anilines is 2. The minimum absolute atomic E-state index is 0.0145. The van der Waals surface area contributed by atoms with Crippen LogP contribution in [-0.2, 0) is 6.42 Å². The van der Waals surface area contributed by atoms with Crippen LogP contribution in [0.2, 0.25) is 0 Å². The molecule has 0 saturated carbocycles. The van der Waals surface area contributed by atoms with Crippen LogP contribution in [0.15, 0.2) is 5.38 Å². The molecule has 0 fully saturated rings. The highest BCUT2D eigenvalue weighted by Crippen LogP contribution is 2.25. The van der Waals surface area contributed by atoms with Crippen molar-refractivity contribution in [3.05, 3.63) is 31.9 Å². The van der Waals surface area contributed by atoms with Gasteiger partial charge in [0.15, 0.2) is 0 Å². The number of hydrogen-bond acceptors (Lipinski definition) is 8. The van der Waals surface area contributed by atoms with Crippen LogP contribution in [0.4, 0.5) is 17.5 Å². The first-order valence-electron chi connectivity index (χ1n) is 5.90. The first kappa shape index (κ1) is 14.1. The van der Waals surface area contributed by atoms with Crippen LogP contribution < -0.4 is 11.1 Å². The number of nitrogens with zero attached hydrogens (tertiary/aromatic N) is 4. The monoisotopic (exact) mass is 294 g/mol. The Morgan fingerprint density at radius 2 is 2.15 bits per heavy atom. The van der Waals surface area contributed by atoms with E-state index in [2.05, 4.69) is 20.3 Å². The smallest absolute Gasteiger partial charge is 0.332 e. The molecule has 2 rings (SSSR count). The molecule has 2 aromatic heterocycles. The van der Waals surface area contributed by atoms with E-state index < -0.39 is 4.92 Å². The summed E-state index contributed by atoms with van der Waals surface area (Å²) >= 11 is 1.56. The van der Waals surface area contributed by atoms with Gasteiger partial charge in [-0.1, -0.05) is 0 Å². The molecule has 2 heterocycles. The van der Waals surface area contributed by atoms with Gasteiger partial charge in [-0.05, 0) is 13.8 Å². The van der Waals surface area contributed by atoms with Crippen molar-refractivity contribution < 1.29 is 4.92 Å². The Morgan fingerprint density at radius 3 is 2.75 bits per heavy atom. The first-order chi connectivity index (χ1) is 9.47. The predicted octanol–water partition coefficient (Wildman–Crippen LogP) is 1.69. The van der Waals surface area contributed by atoms with Crippen molar-refractivity contribution >= 4 is 28.8 Å². The quantitative estimate of drug-likeness (QED) is 0.636. The number of nitrogens with one attached hydrogen (secondary N) is 1. The summed E-state index contributed by atoms with van der Waals surface area (Å²) in [7, 11) is 0. The molecule has 0 amide bonds. The van der Waals surface area contributed by atoms with E-state index in [-0.39, 0.29) is 23.1 Å². The second-order valence-electron chi connectivity index (χ2n) is 4.18. The van der Waals surface area contributed by atoms with Crippen LogP contribution in [0.3, 0.4) is 0 Å². The molecule has 0 aliphatic heterocycles. The summed E-state index contributed by atoms with van der Waals surface area (Å²) < 4.78 is 0. The standard InChI is InChI=1S/C11H14N6O2S/c1-6-5-20-8(14-6)3-4-13-10-9(17(18)19)7(2)15-11(12)16-10/h5H,3-4H2,1-2H3,(H3,12,13,15,16). The van der Waals surface area contributed by atoms with E-state index in [0.717, 1.165) is 10.7 Å². The van der Waals surface area contributed by atoms with Gasteiger partial charge in [0.2, 0.25) is 11.8 Å². The highest BCUT2D eigenvalue weighted by Gasteiger charge is 2.21. The Labute approximate surface area is 119 Å². The van der Waals surface area contributed by atoms with Gasteiger partial charge in [-0.15, -0.1) is 11.3 Å². The minimum atomic E-state index is -0.509. The van der Waals surface area contributed by atoms with Crippen LogP contribution in [0.1, 0.15) is 16.4 Å². The maximum atomic E-state index is 11.0.